The maximum absolute atomic E-state index is 12.1. The Morgan fingerprint density at radius 3 is 2.52 bits per heavy atom. The van der Waals surface area contributed by atoms with Crippen molar-refractivity contribution in [1.29, 1.82) is 0 Å². The van der Waals surface area contributed by atoms with E-state index in [1.165, 1.54) is 18.3 Å². The highest BCUT2D eigenvalue weighted by Crippen LogP contribution is 2.23. The zero-order valence-electron chi connectivity index (χ0n) is 13.9. The standard InChI is InChI=1S/C16H16F3N5O2.HI/c17-16(18,19)26-13-5-3-12(4-6-13)24-15(20)23-9-8-22-14(25)11-2-1-7-21-10-11;/h1-7,10H,8-9H2,(H,22,25)(H3,20,23,24);1H. The number of benzene rings is 1. The van der Waals surface area contributed by atoms with Crippen molar-refractivity contribution in [1.82, 2.24) is 10.3 Å². The fourth-order valence-corrected chi connectivity index (χ4v) is 1.87. The molecule has 0 saturated carbocycles. The summed E-state index contributed by atoms with van der Waals surface area (Å²) in [6.07, 6.45) is -1.73. The van der Waals surface area contributed by atoms with Gasteiger partial charge in [0.1, 0.15) is 5.75 Å². The minimum Gasteiger partial charge on any atom is -0.406 e. The zero-order chi connectivity index (χ0) is 19.0. The molecule has 2 aromatic rings. The average Bonchev–Trinajstić information content (AvgIpc) is 2.60. The molecular weight excluding hydrogens is 478 g/mol. The first-order valence-corrected chi connectivity index (χ1v) is 7.44. The van der Waals surface area contributed by atoms with Crippen LogP contribution in [-0.2, 0) is 0 Å². The van der Waals surface area contributed by atoms with E-state index >= 15 is 0 Å². The van der Waals surface area contributed by atoms with E-state index in [4.69, 9.17) is 5.73 Å². The zero-order valence-corrected chi connectivity index (χ0v) is 16.2. The second kappa shape index (κ2) is 10.5. The number of anilines is 1. The molecule has 1 aromatic heterocycles. The third-order valence-corrected chi connectivity index (χ3v) is 2.96. The van der Waals surface area contributed by atoms with E-state index in [-0.39, 0.29) is 54.7 Å². The summed E-state index contributed by atoms with van der Waals surface area (Å²) >= 11 is 0. The normalized spacial score (nSPS) is 11.3. The molecule has 0 aliphatic heterocycles. The van der Waals surface area contributed by atoms with Gasteiger partial charge in [-0.15, -0.1) is 37.1 Å². The Balaban J connectivity index is 0.00000364. The number of carbonyl (C=O) groups excluding carboxylic acids is 1. The number of rotatable bonds is 6. The van der Waals surface area contributed by atoms with E-state index in [0.717, 1.165) is 12.1 Å². The lowest BCUT2D eigenvalue weighted by Crippen LogP contribution is -2.28. The molecule has 0 atom stereocenters. The molecule has 0 bridgehead atoms. The number of nitrogens with two attached hydrogens (primary N) is 1. The molecule has 27 heavy (non-hydrogen) atoms. The number of nitrogens with zero attached hydrogens (tertiary/aromatic N) is 2. The summed E-state index contributed by atoms with van der Waals surface area (Å²) in [6.45, 7) is 0.481. The van der Waals surface area contributed by atoms with E-state index in [9.17, 15) is 18.0 Å². The predicted molar refractivity (Wildman–Crippen MR) is 105 cm³/mol. The van der Waals surface area contributed by atoms with Crippen LogP contribution in [0.25, 0.3) is 0 Å². The largest absolute Gasteiger partial charge is 0.573 e. The lowest BCUT2D eigenvalue weighted by Gasteiger charge is -2.10. The highest BCUT2D eigenvalue weighted by molar-refractivity contribution is 14.0. The molecule has 2 rings (SSSR count). The fraction of sp³-hybridized carbons (Fsp3) is 0.188. The number of hydrogen-bond donors (Lipinski definition) is 3. The molecule has 0 spiro atoms. The molecule has 0 aliphatic carbocycles. The Labute approximate surface area is 170 Å². The minimum absolute atomic E-state index is 0. The van der Waals surface area contributed by atoms with Crippen molar-refractivity contribution in [3.8, 4) is 5.75 Å². The Bertz CT molecular complexity index is 755. The molecule has 0 radical (unpaired) electrons. The van der Waals surface area contributed by atoms with Crippen LogP contribution < -0.4 is 21.1 Å². The molecule has 0 aliphatic rings. The number of alkyl halides is 3. The van der Waals surface area contributed by atoms with E-state index in [0.29, 0.717) is 11.3 Å². The van der Waals surface area contributed by atoms with Gasteiger partial charge in [0.25, 0.3) is 5.91 Å². The summed E-state index contributed by atoms with van der Waals surface area (Å²) < 4.78 is 40.0. The van der Waals surface area contributed by atoms with Crippen molar-refractivity contribution in [2.45, 2.75) is 6.36 Å². The van der Waals surface area contributed by atoms with E-state index in [2.05, 4.69) is 25.3 Å². The lowest BCUT2D eigenvalue weighted by molar-refractivity contribution is -0.274. The smallest absolute Gasteiger partial charge is 0.406 e. The van der Waals surface area contributed by atoms with Crippen LogP contribution in [0.15, 0.2) is 53.8 Å². The molecule has 1 heterocycles. The van der Waals surface area contributed by atoms with Crippen LogP contribution in [0.2, 0.25) is 0 Å². The summed E-state index contributed by atoms with van der Waals surface area (Å²) in [7, 11) is 0. The first-order chi connectivity index (χ1) is 12.3. The maximum Gasteiger partial charge on any atom is 0.573 e. The third kappa shape index (κ3) is 8.57. The highest BCUT2D eigenvalue weighted by atomic mass is 127. The second-order valence-electron chi connectivity index (χ2n) is 4.96. The summed E-state index contributed by atoms with van der Waals surface area (Å²) in [4.78, 5) is 19.6. The lowest BCUT2D eigenvalue weighted by atomic mass is 10.3. The molecule has 4 N–H and O–H groups in total. The number of pyridine rings is 1. The van der Waals surface area contributed by atoms with Gasteiger partial charge in [-0.1, -0.05) is 0 Å². The monoisotopic (exact) mass is 495 g/mol. The van der Waals surface area contributed by atoms with Gasteiger partial charge in [-0.25, -0.2) is 0 Å². The molecule has 1 amide bonds. The van der Waals surface area contributed by atoms with Gasteiger partial charge in [-0.2, -0.15) is 0 Å². The number of halogens is 4. The van der Waals surface area contributed by atoms with E-state index in [1.54, 1.807) is 18.3 Å². The highest BCUT2D eigenvalue weighted by Gasteiger charge is 2.30. The molecule has 0 unspecified atom stereocenters. The first kappa shape index (κ1) is 22.5. The first-order valence-electron chi connectivity index (χ1n) is 7.44. The number of aliphatic imine (C=N–C) groups is 1. The molecule has 0 fully saturated rings. The Morgan fingerprint density at radius 2 is 1.93 bits per heavy atom. The topological polar surface area (TPSA) is 102 Å². The molecule has 1 aromatic carbocycles. The third-order valence-electron chi connectivity index (χ3n) is 2.96. The average molecular weight is 495 g/mol. The van der Waals surface area contributed by atoms with Gasteiger partial charge in [-0.3, -0.25) is 14.8 Å². The number of amides is 1. The van der Waals surface area contributed by atoms with Gasteiger partial charge < -0.3 is 21.1 Å². The molecular formula is C16H17F3IN5O2. The van der Waals surface area contributed by atoms with Crippen molar-refractivity contribution >= 4 is 41.5 Å². The fourth-order valence-electron chi connectivity index (χ4n) is 1.87. The minimum atomic E-state index is -4.74. The van der Waals surface area contributed by atoms with Crippen LogP contribution in [0.5, 0.6) is 5.75 Å². The number of aromatic nitrogens is 1. The van der Waals surface area contributed by atoms with Crippen molar-refractivity contribution in [2.75, 3.05) is 18.4 Å². The quantitative estimate of drug-likeness (QED) is 0.248. The van der Waals surface area contributed by atoms with Crippen LogP contribution in [0, 0.1) is 0 Å². The summed E-state index contributed by atoms with van der Waals surface area (Å²) in [5.41, 5.74) is 6.56. The van der Waals surface area contributed by atoms with Gasteiger partial charge >= 0.3 is 6.36 Å². The van der Waals surface area contributed by atoms with Crippen molar-refractivity contribution in [2.24, 2.45) is 10.7 Å². The number of hydrogen-bond acceptors (Lipinski definition) is 4. The number of ether oxygens (including phenoxy) is 1. The molecule has 11 heteroatoms. The number of guanidine groups is 1. The van der Waals surface area contributed by atoms with Crippen LogP contribution in [0.3, 0.4) is 0 Å². The van der Waals surface area contributed by atoms with E-state index < -0.39 is 6.36 Å². The number of nitrogens with one attached hydrogen (secondary N) is 2. The molecule has 0 saturated heterocycles. The van der Waals surface area contributed by atoms with Crippen molar-refractivity contribution in [3.63, 3.8) is 0 Å². The van der Waals surface area contributed by atoms with Gasteiger partial charge in [0.15, 0.2) is 5.96 Å². The SMILES string of the molecule is I.NC(=NCCNC(=O)c1cccnc1)Nc1ccc(OC(F)(F)F)cc1. The second-order valence-corrected chi connectivity index (χ2v) is 4.96. The predicted octanol–water partition coefficient (Wildman–Crippen LogP) is 2.75. The van der Waals surface area contributed by atoms with Crippen molar-refractivity contribution in [3.05, 3.63) is 54.4 Å². The molecule has 7 nitrogen and oxygen atoms in total. The Kier molecular flexibility index (Phi) is 8.78. The van der Waals surface area contributed by atoms with Gasteiger partial charge in [0.05, 0.1) is 12.1 Å². The van der Waals surface area contributed by atoms with Crippen LogP contribution in [0.4, 0.5) is 18.9 Å². The Morgan fingerprint density at radius 1 is 1.22 bits per heavy atom. The van der Waals surface area contributed by atoms with Crippen molar-refractivity contribution < 1.29 is 22.7 Å². The summed E-state index contributed by atoms with van der Waals surface area (Å²) in [6, 6.07) is 8.32. The molecule has 146 valence electrons. The van der Waals surface area contributed by atoms with Crippen LogP contribution in [-0.4, -0.2) is 36.3 Å². The van der Waals surface area contributed by atoms with Gasteiger partial charge in [-0.05, 0) is 36.4 Å². The Hall–Kier alpha value is -2.57. The maximum atomic E-state index is 12.1. The van der Waals surface area contributed by atoms with Gasteiger partial charge in [0.2, 0.25) is 0 Å². The van der Waals surface area contributed by atoms with Crippen LogP contribution in [0.1, 0.15) is 10.4 Å². The number of carbonyl (C=O) groups is 1. The van der Waals surface area contributed by atoms with Crippen LogP contribution >= 0.6 is 24.0 Å². The summed E-state index contributed by atoms with van der Waals surface area (Å²) in [5, 5.41) is 5.37. The van der Waals surface area contributed by atoms with E-state index in [1.807, 2.05) is 0 Å². The summed E-state index contributed by atoms with van der Waals surface area (Å²) in [5.74, 6) is -0.554. The van der Waals surface area contributed by atoms with Gasteiger partial charge in [0, 0.05) is 24.6 Å².